The van der Waals surface area contributed by atoms with Crippen molar-refractivity contribution in [3.8, 4) is 0 Å². The van der Waals surface area contributed by atoms with Gasteiger partial charge in [0.2, 0.25) is 0 Å². The summed E-state index contributed by atoms with van der Waals surface area (Å²) in [6, 6.07) is 0.736. The monoisotopic (exact) mass is 101 g/mol. The second-order valence-electron chi connectivity index (χ2n) is 1.80. The zero-order chi connectivity index (χ0) is 5.70. The van der Waals surface area contributed by atoms with Crippen LogP contribution in [0.3, 0.4) is 0 Å². The van der Waals surface area contributed by atoms with Gasteiger partial charge in [-0.1, -0.05) is 13.8 Å². The fraction of sp³-hybridized carbons (Fsp3) is 1.00. The molecule has 0 aromatic carbocycles. The lowest BCUT2D eigenvalue weighted by molar-refractivity contribution is 0.531. The highest BCUT2D eigenvalue weighted by Gasteiger charge is 1.94. The van der Waals surface area contributed by atoms with Crippen LogP contribution in [0.2, 0.25) is 0 Å². The first-order valence-corrected chi connectivity index (χ1v) is 3.02. The van der Waals surface area contributed by atoms with Crippen molar-refractivity contribution >= 4 is 0 Å². The summed E-state index contributed by atoms with van der Waals surface area (Å²) in [7, 11) is 2.01. The van der Waals surface area contributed by atoms with Gasteiger partial charge in [-0.25, -0.2) is 0 Å². The maximum Gasteiger partial charge on any atom is 0.00588 e. The highest BCUT2D eigenvalue weighted by Crippen LogP contribution is 1.92. The zero-order valence-electron chi connectivity index (χ0n) is 5.49. The molecule has 0 spiro atoms. The minimum atomic E-state index is 0.736. The number of hydrogen-bond donors (Lipinski definition) is 1. The molecule has 0 radical (unpaired) electrons. The highest BCUT2D eigenvalue weighted by atomic mass is 14.9. The van der Waals surface area contributed by atoms with E-state index in [0.29, 0.717) is 0 Å². The van der Waals surface area contributed by atoms with E-state index >= 15 is 0 Å². The lowest BCUT2D eigenvalue weighted by atomic mass is 10.2. The van der Waals surface area contributed by atoms with Gasteiger partial charge in [0.25, 0.3) is 0 Å². The van der Waals surface area contributed by atoms with Crippen LogP contribution in [0.1, 0.15) is 26.7 Å². The Morgan fingerprint density at radius 3 is 1.71 bits per heavy atom. The maximum atomic E-state index is 3.20. The van der Waals surface area contributed by atoms with Crippen molar-refractivity contribution in [2.45, 2.75) is 32.7 Å². The quantitative estimate of drug-likeness (QED) is 0.566. The summed E-state index contributed by atoms with van der Waals surface area (Å²) in [5.74, 6) is 0. The van der Waals surface area contributed by atoms with E-state index in [2.05, 4.69) is 19.2 Å². The molecular formula is C6H15N. The van der Waals surface area contributed by atoms with Gasteiger partial charge in [-0.3, -0.25) is 0 Å². The van der Waals surface area contributed by atoms with Gasteiger partial charge in [-0.15, -0.1) is 0 Å². The molecule has 0 atom stereocenters. The third-order valence-electron chi connectivity index (χ3n) is 1.39. The molecule has 7 heavy (non-hydrogen) atoms. The molecule has 0 saturated heterocycles. The van der Waals surface area contributed by atoms with E-state index in [1.165, 1.54) is 12.8 Å². The first kappa shape index (κ1) is 6.96. The van der Waals surface area contributed by atoms with Crippen LogP contribution < -0.4 is 5.32 Å². The van der Waals surface area contributed by atoms with Crippen LogP contribution in [0.4, 0.5) is 0 Å². The second kappa shape index (κ2) is 4.13. The Kier molecular flexibility index (Phi) is 4.10. The normalized spacial score (nSPS) is 10.3. The summed E-state index contributed by atoms with van der Waals surface area (Å²) in [5.41, 5.74) is 0. The Hall–Kier alpha value is -0.0400. The molecule has 0 saturated carbocycles. The Morgan fingerprint density at radius 1 is 1.29 bits per heavy atom. The molecule has 0 aromatic rings. The van der Waals surface area contributed by atoms with E-state index < -0.39 is 0 Å². The number of rotatable bonds is 3. The summed E-state index contributed by atoms with van der Waals surface area (Å²) < 4.78 is 0. The Balaban J connectivity index is 2.99. The highest BCUT2D eigenvalue weighted by molar-refractivity contribution is 4.56. The van der Waals surface area contributed by atoms with Crippen LogP contribution >= 0.6 is 0 Å². The first-order valence-electron chi connectivity index (χ1n) is 3.02. The molecule has 0 aliphatic heterocycles. The Bertz CT molecular complexity index is 25.7. The van der Waals surface area contributed by atoms with Crippen molar-refractivity contribution in [2.24, 2.45) is 0 Å². The molecule has 0 amide bonds. The molecule has 44 valence electrons. The molecule has 0 heterocycles. The van der Waals surface area contributed by atoms with Gasteiger partial charge >= 0.3 is 0 Å². The van der Waals surface area contributed by atoms with Crippen LogP contribution in [0, 0.1) is 0 Å². The SMILES string of the molecule is CCC(CC)NC. The van der Waals surface area contributed by atoms with E-state index in [1.54, 1.807) is 0 Å². The fourth-order valence-electron chi connectivity index (χ4n) is 0.697. The van der Waals surface area contributed by atoms with Crippen molar-refractivity contribution in [1.82, 2.24) is 5.32 Å². The van der Waals surface area contributed by atoms with Crippen LogP contribution in [0.25, 0.3) is 0 Å². The van der Waals surface area contributed by atoms with Gasteiger partial charge in [0.15, 0.2) is 0 Å². The largest absolute Gasteiger partial charge is 0.317 e. The van der Waals surface area contributed by atoms with E-state index in [-0.39, 0.29) is 0 Å². The molecule has 0 rings (SSSR count). The molecular weight excluding hydrogens is 86.1 g/mol. The smallest absolute Gasteiger partial charge is 0.00588 e. The topological polar surface area (TPSA) is 12.0 Å². The second-order valence-corrected chi connectivity index (χ2v) is 1.80. The third kappa shape index (κ3) is 2.63. The lowest BCUT2D eigenvalue weighted by Gasteiger charge is -2.08. The Labute approximate surface area is 46.1 Å². The van der Waals surface area contributed by atoms with Crippen molar-refractivity contribution < 1.29 is 0 Å². The van der Waals surface area contributed by atoms with Crippen molar-refractivity contribution in [1.29, 1.82) is 0 Å². The summed E-state index contributed by atoms with van der Waals surface area (Å²) in [4.78, 5) is 0. The molecule has 0 aliphatic carbocycles. The van der Waals surface area contributed by atoms with Gasteiger partial charge in [0.05, 0.1) is 0 Å². The van der Waals surface area contributed by atoms with Gasteiger partial charge in [0, 0.05) is 6.04 Å². The average molecular weight is 101 g/mol. The number of nitrogens with one attached hydrogen (secondary N) is 1. The maximum absolute atomic E-state index is 3.20. The predicted octanol–water partition coefficient (Wildman–Crippen LogP) is 1.39. The summed E-state index contributed by atoms with van der Waals surface area (Å²) in [6.07, 6.45) is 2.49. The van der Waals surface area contributed by atoms with E-state index in [9.17, 15) is 0 Å². The minimum absolute atomic E-state index is 0.736. The lowest BCUT2D eigenvalue weighted by Crippen LogP contribution is -2.22. The summed E-state index contributed by atoms with van der Waals surface area (Å²) >= 11 is 0. The zero-order valence-corrected chi connectivity index (χ0v) is 5.49. The van der Waals surface area contributed by atoms with Gasteiger partial charge in [-0.2, -0.15) is 0 Å². The van der Waals surface area contributed by atoms with Crippen LogP contribution in [-0.4, -0.2) is 13.1 Å². The summed E-state index contributed by atoms with van der Waals surface area (Å²) in [5, 5.41) is 3.20. The van der Waals surface area contributed by atoms with E-state index in [4.69, 9.17) is 0 Å². The molecule has 0 aromatic heterocycles. The van der Waals surface area contributed by atoms with Crippen LogP contribution in [0.15, 0.2) is 0 Å². The molecule has 1 nitrogen and oxygen atoms in total. The van der Waals surface area contributed by atoms with Crippen molar-refractivity contribution in [3.63, 3.8) is 0 Å². The fourth-order valence-corrected chi connectivity index (χ4v) is 0.697. The van der Waals surface area contributed by atoms with Gasteiger partial charge in [0.1, 0.15) is 0 Å². The average Bonchev–Trinajstić information content (AvgIpc) is 1.72. The van der Waals surface area contributed by atoms with Crippen molar-refractivity contribution in [2.75, 3.05) is 7.05 Å². The first-order chi connectivity index (χ1) is 3.35. The Morgan fingerprint density at radius 2 is 1.71 bits per heavy atom. The van der Waals surface area contributed by atoms with Crippen molar-refractivity contribution in [3.05, 3.63) is 0 Å². The van der Waals surface area contributed by atoms with E-state index in [0.717, 1.165) is 6.04 Å². The van der Waals surface area contributed by atoms with Crippen LogP contribution in [0.5, 0.6) is 0 Å². The molecule has 1 N–H and O–H groups in total. The molecule has 0 aliphatic rings. The third-order valence-corrected chi connectivity index (χ3v) is 1.39. The van der Waals surface area contributed by atoms with Gasteiger partial charge in [-0.05, 0) is 19.9 Å². The summed E-state index contributed by atoms with van der Waals surface area (Å²) in [6.45, 7) is 4.40. The minimum Gasteiger partial charge on any atom is -0.317 e. The number of hydrogen-bond acceptors (Lipinski definition) is 1. The predicted molar refractivity (Wildman–Crippen MR) is 33.4 cm³/mol. The standard InChI is InChI=1S/C6H15N/c1-4-6(5-2)7-3/h6-7H,4-5H2,1-3H3. The van der Waals surface area contributed by atoms with E-state index in [1.807, 2.05) is 7.05 Å². The molecule has 0 fully saturated rings. The molecule has 0 bridgehead atoms. The molecule has 0 unspecified atom stereocenters. The van der Waals surface area contributed by atoms with Crippen LogP contribution in [-0.2, 0) is 0 Å². The van der Waals surface area contributed by atoms with Gasteiger partial charge < -0.3 is 5.32 Å². The molecule has 1 heteroatoms.